The first-order chi connectivity index (χ1) is 26.7. The Kier molecular flexibility index (Phi) is 6.72. The van der Waals surface area contributed by atoms with E-state index in [1.54, 1.807) is 0 Å². The number of hydrogen-bond acceptors (Lipinski definition) is 0. The van der Waals surface area contributed by atoms with Gasteiger partial charge in [-0.15, -0.1) is 0 Å². The zero-order valence-electron chi connectivity index (χ0n) is 30.2. The molecule has 2 heteroatoms. The largest absolute Gasteiger partial charge is 0.343 e. The monoisotopic (exact) mass is 688 g/mol. The molecule has 0 saturated carbocycles. The third-order valence-electron chi connectivity index (χ3n) is 11.7. The predicted molar refractivity (Wildman–Crippen MR) is 231 cm³/mol. The van der Waals surface area contributed by atoms with Gasteiger partial charge < -0.3 is 9.13 Å². The summed E-state index contributed by atoms with van der Waals surface area (Å²) in [6.07, 6.45) is 0. The molecular formula is C52H36N2. The summed E-state index contributed by atoms with van der Waals surface area (Å²) in [5.41, 5.74) is 12.4. The second-order valence-corrected chi connectivity index (χ2v) is 14.5. The van der Waals surface area contributed by atoms with Gasteiger partial charge in [0.15, 0.2) is 0 Å². The number of para-hydroxylation sites is 2. The summed E-state index contributed by atoms with van der Waals surface area (Å²) in [5, 5.41) is 12.5. The van der Waals surface area contributed by atoms with Crippen LogP contribution in [0.4, 0.5) is 0 Å². The molecule has 0 atom stereocenters. The smallest absolute Gasteiger partial charge is 0.0581 e. The molecule has 0 aliphatic rings. The summed E-state index contributed by atoms with van der Waals surface area (Å²) in [4.78, 5) is 0. The SMILES string of the molecule is Cn1c(-c2c3ccccc3c(-c3c(-c4ccccc4)c4ccccc4n3C)c3cc4c(ccc5ccccc54)cc23)c(-c2ccccc2)c2ccccc21. The summed E-state index contributed by atoms with van der Waals surface area (Å²) < 4.78 is 4.85. The minimum absolute atomic E-state index is 1.22. The zero-order chi connectivity index (χ0) is 35.9. The molecule has 11 rings (SSSR count). The second kappa shape index (κ2) is 11.8. The number of aryl methyl sites for hydroxylation is 2. The Hall–Kier alpha value is -6.90. The molecule has 0 unspecified atom stereocenters. The Balaban J connectivity index is 1.40. The molecule has 0 aliphatic heterocycles. The van der Waals surface area contributed by atoms with Crippen molar-refractivity contribution >= 4 is 64.9 Å². The van der Waals surface area contributed by atoms with Crippen molar-refractivity contribution in [1.82, 2.24) is 9.13 Å². The maximum absolute atomic E-state index is 2.50. The molecular weight excluding hydrogens is 653 g/mol. The fourth-order valence-corrected chi connectivity index (χ4v) is 9.35. The standard InChI is InChI=1S/C52H36N2/c1-53-45-27-15-13-25-40(45)47(34-18-5-3-6-19-34)51(53)49-38-23-11-12-24-39(38)50(44-32-42-36(31-43(44)49)30-29-33-17-9-10-22-37(33)42)52-48(35-20-7-4-8-21-35)41-26-14-16-28-46(41)54(52)2/h3-32H,1-2H3. The second-order valence-electron chi connectivity index (χ2n) is 14.5. The van der Waals surface area contributed by atoms with Crippen LogP contribution in [-0.4, -0.2) is 9.13 Å². The van der Waals surface area contributed by atoms with E-state index in [2.05, 4.69) is 205 Å². The van der Waals surface area contributed by atoms with Crippen molar-refractivity contribution < 1.29 is 0 Å². The summed E-state index contributed by atoms with van der Waals surface area (Å²) in [6, 6.07) is 67.1. The van der Waals surface area contributed by atoms with E-state index in [9.17, 15) is 0 Å². The summed E-state index contributed by atoms with van der Waals surface area (Å²) in [7, 11) is 4.48. The Morgan fingerprint density at radius 3 is 1.22 bits per heavy atom. The highest BCUT2D eigenvalue weighted by Gasteiger charge is 2.27. The van der Waals surface area contributed by atoms with Gasteiger partial charge in [-0.1, -0.05) is 158 Å². The highest BCUT2D eigenvalue weighted by molar-refractivity contribution is 6.28. The highest BCUT2D eigenvalue weighted by atomic mass is 15.0. The van der Waals surface area contributed by atoms with Gasteiger partial charge in [0.25, 0.3) is 0 Å². The van der Waals surface area contributed by atoms with E-state index in [1.165, 1.54) is 110 Å². The van der Waals surface area contributed by atoms with E-state index in [0.29, 0.717) is 0 Å². The van der Waals surface area contributed by atoms with Crippen molar-refractivity contribution in [3.63, 3.8) is 0 Å². The van der Waals surface area contributed by atoms with Crippen LogP contribution >= 0.6 is 0 Å². The Morgan fingerprint density at radius 1 is 0.278 bits per heavy atom. The van der Waals surface area contributed by atoms with Crippen molar-refractivity contribution in [3.05, 3.63) is 182 Å². The Morgan fingerprint density at radius 2 is 0.685 bits per heavy atom. The van der Waals surface area contributed by atoms with Crippen LogP contribution < -0.4 is 0 Å². The molecule has 254 valence electrons. The fourth-order valence-electron chi connectivity index (χ4n) is 9.35. The van der Waals surface area contributed by atoms with Crippen LogP contribution in [0.25, 0.3) is 110 Å². The lowest BCUT2D eigenvalue weighted by molar-refractivity contribution is 0.980. The number of hydrogen-bond donors (Lipinski definition) is 0. The van der Waals surface area contributed by atoms with Gasteiger partial charge in [-0.25, -0.2) is 0 Å². The quantitative estimate of drug-likeness (QED) is 0.129. The molecule has 0 N–H and O–H groups in total. The topological polar surface area (TPSA) is 9.86 Å². The minimum Gasteiger partial charge on any atom is -0.343 e. The molecule has 0 spiro atoms. The lowest BCUT2D eigenvalue weighted by Crippen LogP contribution is -2.00. The summed E-state index contributed by atoms with van der Waals surface area (Å²) in [5.74, 6) is 0. The van der Waals surface area contributed by atoms with Crippen LogP contribution in [0.3, 0.4) is 0 Å². The molecule has 0 saturated heterocycles. The first-order valence-corrected chi connectivity index (χ1v) is 18.7. The molecule has 54 heavy (non-hydrogen) atoms. The van der Waals surface area contributed by atoms with Crippen LogP contribution in [0.15, 0.2) is 182 Å². The third-order valence-corrected chi connectivity index (χ3v) is 11.7. The predicted octanol–water partition coefficient (Wildman–Crippen LogP) is 14.0. The molecule has 0 amide bonds. The van der Waals surface area contributed by atoms with Crippen LogP contribution in [-0.2, 0) is 14.1 Å². The van der Waals surface area contributed by atoms with Gasteiger partial charge in [-0.05, 0) is 78.5 Å². The van der Waals surface area contributed by atoms with Gasteiger partial charge in [0.05, 0.1) is 11.4 Å². The molecule has 0 fully saturated rings. The lowest BCUT2D eigenvalue weighted by Gasteiger charge is -2.21. The van der Waals surface area contributed by atoms with Gasteiger partial charge in [0, 0.05) is 58.2 Å². The molecule has 0 radical (unpaired) electrons. The van der Waals surface area contributed by atoms with Gasteiger partial charge in [-0.2, -0.15) is 0 Å². The number of rotatable bonds is 4. The molecule has 2 aromatic heterocycles. The average Bonchev–Trinajstić information content (AvgIpc) is 3.69. The van der Waals surface area contributed by atoms with Crippen LogP contribution in [0.2, 0.25) is 0 Å². The number of nitrogens with zero attached hydrogens (tertiary/aromatic N) is 2. The molecule has 9 aromatic carbocycles. The summed E-state index contributed by atoms with van der Waals surface area (Å²) in [6.45, 7) is 0. The maximum atomic E-state index is 2.50. The van der Waals surface area contributed by atoms with Crippen molar-refractivity contribution in [2.24, 2.45) is 14.1 Å². The van der Waals surface area contributed by atoms with E-state index in [4.69, 9.17) is 0 Å². The molecule has 0 bridgehead atoms. The highest BCUT2D eigenvalue weighted by Crippen LogP contribution is 2.52. The van der Waals surface area contributed by atoms with Crippen LogP contribution in [0.1, 0.15) is 0 Å². The first kappa shape index (κ1) is 30.7. The van der Waals surface area contributed by atoms with E-state index in [1.807, 2.05) is 0 Å². The maximum Gasteiger partial charge on any atom is 0.0581 e. The molecule has 2 heterocycles. The normalized spacial score (nSPS) is 11.9. The van der Waals surface area contributed by atoms with Crippen molar-refractivity contribution in [2.75, 3.05) is 0 Å². The van der Waals surface area contributed by atoms with E-state index >= 15 is 0 Å². The molecule has 0 aliphatic carbocycles. The Labute approximate surface area is 313 Å². The minimum atomic E-state index is 1.22. The molecule has 2 nitrogen and oxygen atoms in total. The first-order valence-electron chi connectivity index (χ1n) is 18.7. The van der Waals surface area contributed by atoms with Gasteiger partial charge in [-0.3, -0.25) is 0 Å². The van der Waals surface area contributed by atoms with Gasteiger partial charge in [0.1, 0.15) is 0 Å². The van der Waals surface area contributed by atoms with Crippen molar-refractivity contribution in [1.29, 1.82) is 0 Å². The number of fused-ring (bicyclic) bond motifs is 7. The van der Waals surface area contributed by atoms with Crippen LogP contribution in [0.5, 0.6) is 0 Å². The van der Waals surface area contributed by atoms with Crippen molar-refractivity contribution in [3.8, 4) is 44.8 Å². The van der Waals surface area contributed by atoms with E-state index in [-0.39, 0.29) is 0 Å². The fraction of sp³-hybridized carbons (Fsp3) is 0.0385. The van der Waals surface area contributed by atoms with Crippen LogP contribution in [0, 0.1) is 0 Å². The Bertz CT molecular complexity index is 3270. The van der Waals surface area contributed by atoms with Gasteiger partial charge in [0.2, 0.25) is 0 Å². The summed E-state index contributed by atoms with van der Waals surface area (Å²) >= 11 is 0. The lowest BCUT2D eigenvalue weighted by atomic mass is 9.84. The average molecular weight is 689 g/mol. The number of aromatic nitrogens is 2. The molecule has 11 aromatic rings. The van der Waals surface area contributed by atoms with Crippen molar-refractivity contribution in [2.45, 2.75) is 0 Å². The van der Waals surface area contributed by atoms with Gasteiger partial charge >= 0.3 is 0 Å². The third kappa shape index (κ3) is 4.34. The number of benzene rings is 9. The van der Waals surface area contributed by atoms with E-state index < -0.39 is 0 Å². The van der Waals surface area contributed by atoms with E-state index in [0.717, 1.165) is 0 Å². The zero-order valence-corrected chi connectivity index (χ0v) is 30.2.